The summed E-state index contributed by atoms with van der Waals surface area (Å²) in [6, 6.07) is 14.1. The fourth-order valence-electron chi connectivity index (χ4n) is 3.11. The summed E-state index contributed by atoms with van der Waals surface area (Å²) < 4.78 is 6.99. The highest BCUT2D eigenvalue weighted by molar-refractivity contribution is 6.30. The normalized spacial score (nSPS) is 11.0. The van der Waals surface area contributed by atoms with E-state index >= 15 is 0 Å². The summed E-state index contributed by atoms with van der Waals surface area (Å²) in [5.41, 5.74) is 2.15. The van der Waals surface area contributed by atoms with E-state index in [2.05, 4.69) is 23.7 Å². The van der Waals surface area contributed by atoms with Gasteiger partial charge in [-0.15, -0.1) is 0 Å². The lowest BCUT2D eigenvalue weighted by Gasteiger charge is -2.18. The van der Waals surface area contributed by atoms with Crippen LogP contribution in [0.15, 0.2) is 65.7 Å². The average Bonchev–Trinajstić information content (AvgIpc) is 2.79. The number of carbonyl (C=O) groups excluding carboxylic acids is 1. The van der Waals surface area contributed by atoms with Crippen molar-refractivity contribution in [3.05, 3.63) is 93.1 Å². The largest absolute Gasteiger partial charge is 0.487 e. The Hall–Kier alpha value is -2.96. The maximum atomic E-state index is 12.6. The molecule has 7 heteroatoms. The minimum atomic E-state index is -0.298. The van der Waals surface area contributed by atoms with Gasteiger partial charge in [-0.25, -0.2) is 0 Å². The van der Waals surface area contributed by atoms with Gasteiger partial charge in [-0.3, -0.25) is 19.5 Å². The van der Waals surface area contributed by atoms with E-state index in [1.54, 1.807) is 30.6 Å². The number of nitrogens with zero attached hydrogens (tertiary/aromatic N) is 3. The molecule has 0 N–H and O–H groups in total. The van der Waals surface area contributed by atoms with Gasteiger partial charge in [0.2, 0.25) is 0 Å². The molecule has 0 bridgehead atoms. The highest BCUT2D eigenvalue weighted by Crippen LogP contribution is 2.12. The molecule has 0 unspecified atom stereocenters. The third-order valence-electron chi connectivity index (χ3n) is 5.03. The Bertz CT molecular complexity index is 1060. The summed E-state index contributed by atoms with van der Waals surface area (Å²) in [6.45, 7) is 7.28. The first kappa shape index (κ1) is 22.7. The summed E-state index contributed by atoms with van der Waals surface area (Å²) in [6.07, 6.45) is 3.11. The Morgan fingerprint density at radius 1 is 1.10 bits per heavy atom. The lowest BCUT2D eigenvalue weighted by Crippen LogP contribution is -2.23. The molecule has 162 valence electrons. The molecule has 0 spiro atoms. The van der Waals surface area contributed by atoms with Crippen LogP contribution in [0.4, 0.5) is 0 Å². The molecule has 6 nitrogen and oxygen atoms in total. The summed E-state index contributed by atoms with van der Waals surface area (Å²) in [4.78, 5) is 31.5. The number of carbonyl (C=O) groups is 1. The number of hydrogen-bond acceptors (Lipinski definition) is 5. The number of hydrogen-bond donors (Lipinski definition) is 0. The summed E-state index contributed by atoms with van der Waals surface area (Å²) >= 11 is 5.82. The molecule has 0 saturated carbocycles. The SMILES string of the molecule is CCN(CC)Cc1ccc(C(=O)Cn2ccc(OCc3ccc(Cl)cn3)cc2=O)cc1. The minimum Gasteiger partial charge on any atom is -0.487 e. The average molecular weight is 440 g/mol. The van der Waals surface area contributed by atoms with Gasteiger partial charge in [-0.1, -0.05) is 49.7 Å². The van der Waals surface area contributed by atoms with Crippen molar-refractivity contribution in [3.8, 4) is 5.75 Å². The minimum absolute atomic E-state index is 0.0206. The molecule has 3 rings (SSSR count). The fourth-order valence-corrected chi connectivity index (χ4v) is 3.22. The van der Waals surface area contributed by atoms with Gasteiger partial charge in [-0.2, -0.15) is 0 Å². The second-order valence-electron chi connectivity index (χ2n) is 7.17. The van der Waals surface area contributed by atoms with Crippen LogP contribution in [-0.2, 0) is 19.7 Å². The maximum absolute atomic E-state index is 12.6. The lowest BCUT2D eigenvalue weighted by molar-refractivity contribution is 0.0970. The van der Waals surface area contributed by atoms with E-state index in [1.807, 2.05) is 24.3 Å². The van der Waals surface area contributed by atoms with Crippen LogP contribution in [0.1, 0.15) is 35.5 Å². The van der Waals surface area contributed by atoms with Gasteiger partial charge in [0, 0.05) is 30.6 Å². The van der Waals surface area contributed by atoms with Gasteiger partial charge < -0.3 is 9.30 Å². The summed E-state index contributed by atoms with van der Waals surface area (Å²) in [7, 11) is 0. The van der Waals surface area contributed by atoms with Crippen molar-refractivity contribution in [2.75, 3.05) is 13.1 Å². The topological polar surface area (TPSA) is 64.4 Å². The van der Waals surface area contributed by atoms with Gasteiger partial charge >= 0.3 is 0 Å². The van der Waals surface area contributed by atoms with Crippen LogP contribution >= 0.6 is 11.6 Å². The third-order valence-corrected chi connectivity index (χ3v) is 5.26. The smallest absolute Gasteiger partial charge is 0.254 e. The van der Waals surface area contributed by atoms with E-state index in [-0.39, 0.29) is 24.5 Å². The maximum Gasteiger partial charge on any atom is 0.254 e. The van der Waals surface area contributed by atoms with Gasteiger partial charge in [0.1, 0.15) is 12.4 Å². The standard InChI is InChI=1S/C24H26ClN3O3/c1-3-27(4-2)15-18-5-7-19(8-6-18)23(29)16-28-12-11-22(13-24(28)30)31-17-21-10-9-20(25)14-26-21/h5-14H,3-4,15-17H2,1-2H3. The van der Waals surface area contributed by atoms with Crippen molar-refractivity contribution in [2.24, 2.45) is 0 Å². The monoisotopic (exact) mass is 439 g/mol. The van der Waals surface area contributed by atoms with E-state index in [0.29, 0.717) is 22.0 Å². The van der Waals surface area contributed by atoms with Gasteiger partial charge in [0.25, 0.3) is 5.56 Å². The van der Waals surface area contributed by atoms with Crippen molar-refractivity contribution < 1.29 is 9.53 Å². The van der Waals surface area contributed by atoms with E-state index in [1.165, 1.54) is 10.6 Å². The van der Waals surface area contributed by atoms with Gasteiger partial charge in [0.15, 0.2) is 5.78 Å². The second-order valence-corrected chi connectivity index (χ2v) is 7.60. The van der Waals surface area contributed by atoms with Gasteiger partial charge in [-0.05, 0) is 36.9 Å². The van der Waals surface area contributed by atoms with Crippen LogP contribution in [0, 0.1) is 0 Å². The summed E-state index contributed by atoms with van der Waals surface area (Å²) in [5.74, 6) is 0.307. The van der Waals surface area contributed by atoms with E-state index in [4.69, 9.17) is 16.3 Å². The molecule has 0 amide bonds. The molecule has 0 atom stereocenters. The number of ketones is 1. The first-order chi connectivity index (χ1) is 15.0. The third kappa shape index (κ3) is 6.51. The molecule has 0 fully saturated rings. The molecule has 0 radical (unpaired) electrons. The molecule has 3 aromatic rings. The zero-order chi connectivity index (χ0) is 22.2. The Labute approximate surface area is 187 Å². The number of ether oxygens (including phenoxy) is 1. The second kappa shape index (κ2) is 10.9. The van der Waals surface area contributed by atoms with Crippen molar-refractivity contribution >= 4 is 17.4 Å². The van der Waals surface area contributed by atoms with Crippen LogP contribution in [-0.4, -0.2) is 33.3 Å². The molecule has 31 heavy (non-hydrogen) atoms. The first-order valence-electron chi connectivity index (χ1n) is 10.3. The number of aromatic nitrogens is 2. The van der Waals surface area contributed by atoms with Crippen molar-refractivity contribution in [2.45, 2.75) is 33.5 Å². The molecule has 0 saturated heterocycles. The number of benzene rings is 1. The molecular formula is C24H26ClN3O3. The quantitative estimate of drug-likeness (QED) is 0.443. The Balaban J connectivity index is 1.59. The van der Waals surface area contributed by atoms with Crippen molar-refractivity contribution in [3.63, 3.8) is 0 Å². The van der Waals surface area contributed by atoms with E-state index in [0.717, 1.165) is 25.2 Å². The summed E-state index contributed by atoms with van der Waals surface area (Å²) in [5, 5.41) is 0.551. The number of rotatable bonds is 10. The zero-order valence-corrected chi connectivity index (χ0v) is 18.5. The molecule has 0 aliphatic rings. The van der Waals surface area contributed by atoms with Gasteiger partial charge in [0.05, 0.1) is 17.3 Å². The molecule has 2 aromatic heterocycles. The Kier molecular flexibility index (Phi) is 7.98. The van der Waals surface area contributed by atoms with Crippen LogP contribution < -0.4 is 10.3 Å². The number of halogens is 1. The Morgan fingerprint density at radius 3 is 2.45 bits per heavy atom. The first-order valence-corrected chi connectivity index (χ1v) is 10.6. The highest BCUT2D eigenvalue weighted by atomic mass is 35.5. The van der Waals surface area contributed by atoms with Crippen LogP contribution in [0.5, 0.6) is 5.75 Å². The van der Waals surface area contributed by atoms with Crippen molar-refractivity contribution in [1.29, 1.82) is 0 Å². The number of pyridine rings is 2. The highest BCUT2D eigenvalue weighted by Gasteiger charge is 2.10. The number of Topliss-reactive ketones (excluding diaryl/α,β-unsaturated/α-hetero) is 1. The molecule has 0 aliphatic heterocycles. The van der Waals surface area contributed by atoms with Crippen molar-refractivity contribution in [1.82, 2.24) is 14.5 Å². The predicted molar refractivity (Wildman–Crippen MR) is 122 cm³/mol. The lowest BCUT2D eigenvalue weighted by atomic mass is 10.1. The molecule has 1 aromatic carbocycles. The Morgan fingerprint density at radius 2 is 1.84 bits per heavy atom. The zero-order valence-electron chi connectivity index (χ0n) is 17.8. The molecule has 2 heterocycles. The molecule has 0 aliphatic carbocycles. The van der Waals surface area contributed by atoms with Crippen LogP contribution in [0.2, 0.25) is 5.02 Å². The van der Waals surface area contributed by atoms with E-state index in [9.17, 15) is 9.59 Å². The van der Waals surface area contributed by atoms with Crippen LogP contribution in [0.25, 0.3) is 0 Å². The van der Waals surface area contributed by atoms with Crippen LogP contribution in [0.3, 0.4) is 0 Å². The predicted octanol–water partition coefficient (Wildman–Crippen LogP) is 4.20. The fraction of sp³-hybridized carbons (Fsp3) is 0.292. The molecular weight excluding hydrogens is 414 g/mol. The van der Waals surface area contributed by atoms with E-state index < -0.39 is 0 Å².